The van der Waals surface area contributed by atoms with Crippen LogP contribution in [-0.4, -0.2) is 23.2 Å². The van der Waals surface area contributed by atoms with Crippen molar-refractivity contribution >= 4 is 29.2 Å². The van der Waals surface area contributed by atoms with Gasteiger partial charge in [-0.25, -0.2) is 4.79 Å². The van der Waals surface area contributed by atoms with Crippen molar-refractivity contribution < 1.29 is 14.6 Å². The molecule has 0 aliphatic rings. The van der Waals surface area contributed by atoms with Crippen molar-refractivity contribution in [2.45, 2.75) is 0 Å². The molecule has 1 aromatic carbocycles. The summed E-state index contributed by atoms with van der Waals surface area (Å²) in [5.41, 5.74) is 0.860. The van der Waals surface area contributed by atoms with Crippen LogP contribution in [0.5, 0.6) is 5.75 Å². The SMILES string of the molecule is COC(=O)c1c(O)cncc1-c1cc(Cl)ccc1Cl. The Morgan fingerprint density at radius 3 is 2.68 bits per heavy atom. The monoisotopic (exact) mass is 297 g/mol. The summed E-state index contributed by atoms with van der Waals surface area (Å²) < 4.78 is 4.65. The number of methoxy groups -OCH3 is 1. The number of carbonyl (C=O) groups is 1. The number of nitrogens with zero attached hydrogens (tertiary/aromatic N) is 1. The van der Waals surface area contributed by atoms with E-state index >= 15 is 0 Å². The standard InChI is InChI=1S/C13H9Cl2NO3/c1-19-13(18)12-9(5-16-6-11(12)17)8-4-7(14)2-3-10(8)15/h2-6,17H,1H3. The molecule has 2 aromatic rings. The number of carbonyl (C=O) groups excluding carboxylic acids is 1. The van der Waals surface area contributed by atoms with Gasteiger partial charge in [-0.1, -0.05) is 23.2 Å². The fourth-order valence-electron chi connectivity index (χ4n) is 1.67. The molecular formula is C13H9Cl2NO3. The Hall–Kier alpha value is -1.78. The molecule has 4 nitrogen and oxygen atoms in total. The van der Waals surface area contributed by atoms with E-state index in [2.05, 4.69) is 9.72 Å². The van der Waals surface area contributed by atoms with E-state index in [1.54, 1.807) is 18.2 Å². The molecule has 19 heavy (non-hydrogen) atoms. The molecule has 0 atom stereocenters. The van der Waals surface area contributed by atoms with Gasteiger partial charge in [0.25, 0.3) is 0 Å². The first-order chi connectivity index (χ1) is 9.04. The number of aromatic hydroxyl groups is 1. The van der Waals surface area contributed by atoms with Crippen LogP contribution in [0.25, 0.3) is 11.1 Å². The first-order valence-electron chi connectivity index (χ1n) is 5.25. The van der Waals surface area contributed by atoms with E-state index in [1.165, 1.54) is 13.3 Å². The topological polar surface area (TPSA) is 59.4 Å². The maximum Gasteiger partial charge on any atom is 0.342 e. The Labute approximate surface area is 119 Å². The van der Waals surface area contributed by atoms with E-state index in [-0.39, 0.29) is 11.3 Å². The molecule has 98 valence electrons. The van der Waals surface area contributed by atoms with Crippen LogP contribution in [0.15, 0.2) is 30.6 Å². The quantitative estimate of drug-likeness (QED) is 0.861. The van der Waals surface area contributed by atoms with E-state index in [4.69, 9.17) is 23.2 Å². The fraction of sp³-hybridized carbons (Fsp3) is 0.0769. The Kier molecular flexibility index (Phi) is 3.93. The molecule has 0 saturated heterocycles. The minimum Gasteiger partial charge on any atom is -0.505 e. The number of halogens is 2. The molecule has 1 aromatic heterocycles. The molecule has 0 unspecified atom stereocenters. The molecule has 0 fully saturated rings. The lowest BCUT2D eigenvalue weighted by Gasteiger charge is -2.10. The number of aromatic nitrogens is 1. The largest absolute Gasteiger partial charge is 0.505 e. The molecule has 6 heteroatoms. The maximum atomic E-state index is 11.7. The van der Waals surface area contributed by atoms with Gasteiger partial charge >= 0.3 is 5.97 Å². The molecule has 0 aliphatic heterocycles. The summed E-state index contributed by atoms with van der Waals surface area (Å²) in [5, 5.41) is 10.6. The number of pyridine rings is 1. The van der Waals surface area contributed by atoms with Crippen LogP contribution in [0.4, 0.5) is 0 Å². The van der Waals surface area contributed by atoms with E-state index in [0.717, 1.165) is 6.20 Å². The average Bonchev–Trinajstić information content (AvgIpc) is 2.40. The fourth-order valence-corrected chi connectivity index (χ4v) is 2.07. The molecule has 0 saturated carbocycles. The average molecular weight is 298 g/mol. The molecule has 0 radical (unpaired) electrons. The lowest BCUT2D eigenvalue weighted by atomic mass is 10.0. The zero-order valence-electron chi connectivity index (χ0n) is 9.85. The second-order valence-electron chi connectivity index (χ2n) is 3.70. The highest BCUT2D eigenvalue weighted by molar-refractivity contribution is 6.35. The lowest BCUT2D eigenvalue weighted by molar-refractivity contribution is 0.0598. The predicted octanol–water partition coefficient (Wildman–Crippen LogP) is 3.55. The van der Waals surface area contributed by atoms with Gasteiger partial charge in [-0.15, -0.1) is 0 Å². The van der Waals surface area contributed by atoms with Crippen molar-refractivity contribution in [2.75, 3.05) is 7.11 Å². The highest BCUT2D eigenvalue weighted by atomic mass is 35.5. The lowest BCUT2D eigenvalue weighted by Crippen LogP contribution is -2.05. The molecule has 0 bridgehead atoms. The molecule has 0 amide bonds. The Balaban J connectivity index is 2.72. The number of hydrogen-bond acceptors (Lipinski definition) is 4. The molecule has 0 aliphatic carbocycles. The molecular weight excluding hydrogens is 289 g/mol. The second kappa shape index (κ2) is 5.47. The molecule has 0 spiro atoms. The second-order valence-corrected chi connectivity index (χ2v) is 4.54. The predicted molar refractivity (Wildman–Crippen MR) is 72.7 cm³/mol. The third-order valence-corrected chi connectivity index (χ3v) is 3.10. The maximum absolute atomic E-state index is 11.7. The molecule has 1 heterocycles. The van der Waals surface area contributed by atoms with E-state index < -0.39 is 5.97 Å². The summed E-state index contributed by atoms with van der Waals surface area (Å²) in [6.07, 6.45) is 2.58. The van der Waals surface area contributed by atoms with Gasteiger partial charge in [-0.3, -0.25) is 4.98 Å². The molecule has 2 rings (SSSR count). The summed E-state index contributed by atoms with van der Waals surface area (Å²) in [7, 11) is 1.23. The van der Waals surface area contributed by atoms with Crippen molar-refractivity contribution in [3.8, 4) is 16.9 Å². The highest BCUT2D eigenvalue weighted by Gasteiger charge is 2.20. The van der Waals surface area contributed by atoms with E-state index in [0.29, 0.717) is 21.2 Å². The Morgan fingerprint density at radius 1 is 1.26 bits per heavy atom. The van der Waals surface area contributed by atoms with Gasteiger partial charge in [0.2, 0.25) is 0 Å². The van der Waals surface area contributed by atoms with Crippen molar-refractivity contribution in [1.82, 2.24) is 4.98 Å². The minimum atomic E-state index is -0.675. The van der Waals surface area contributed by atoms with Gasteiger partial charge in [-0.05, 0) is 18.2 Å². The zero-order valence-corrected chi connectivity index (χ0v) is 11.4. The minimum absolute atomic E-state index is 0.00154. The summed E-state index contributed by atoms with van der Waals surface area (Å²) in [4.78, 5) is 15.6. The Morgan fingerprint density at radius 2 is 2.00 bits per heavy atom. The van der Waals surface area contributed by atoms with Crippen LogP contribution >= 0.6 is 23.2 Å². The normalized spacial score (nSPS) is 10.3. The summed E-state index contributed by atoms with van der Waals surface area (Å²) in [6.45, 7) is 0. The number of esters is 1. The van der Waals surface area contributed by atoms with Crippen LogP contribution in [0.3, 0.4) is 0 Å². The number of benzene rings is 1. The van der Waals surface area contributed by atoms with Crippen molar-refractivity contribution in [2.24, 2.45) is 0 Å². The molecule has 1 N–H and O–H groups in total. The first kappa shape index (κ1) is 13.6. The van der Waals surface area contributed by atoms with Crippen molar-refractivity contribution in [3.05, 3.63) is 46.2 Å². The van der Waals surface area contributed by atoms with E-state index in [1.807, 2.05) is 0 Å². The highest BCUT2D eigenvalue weighted by Crippen LogP contribution is 2.35. The van der Waals surface area contributed by atoms with E-state index in [9.17, 15) is 9.90 Å². The van der Waals surface area contributed by atoms with Gasteiger partial charge in [0, 0.05) is 27.4 Å². The van der Waals surface area contributed by atoms with Crippen LogP contribution in [0.2, 0.25) is 10.0 Å². The summed E-state index contributed by atoms with van der Waals surface area (Å²) in [5.74, 6) is -0.952. The summed E-state index contributed by atoms with van der Waals surface area (Å²) in [6, 6.07) is 4.82. The zero-order chi connectivity index (χ0) is 14.0. The third kappa shape index (κ3) is 2.64. The van der Waals surface area contributed by atoms with Crippen LogP contribution in [-0.2, 0) is 4.74 Å². The van der Waals surface area contributed by atoms with Gasteiger partial charge in [-0.2, -0.15) is 0 Å². The van der Waals surface area contributed by atoms with Gasteiger partial charge in [0.05, 0.1) is 13.3 Å². The first-order valence-corrected chi connectivity index (χ1v) is 6.01. The van der Waals surface area contributed by atoms with Crippen molar-refractivity contribution in [3.63, 3.8) is 0 Å². The number of rotatable bonds is 2. The van der Waals surface area contributed by atoms with Crippen LogP contribution in [0, 0.1) is 0 Å². The van der Waals surface area contributed by atoms with Gasteiger partial charge in [0.1, 0.15) is 11.3 Å². The van der Waals surface area contributed by atoms with Gasteiger partial charge in [0.15, 0.2) is 0 Å². The third-order valence-electron chi connectivity index (χ3n) is 2.53. The van der Waals surface area contributed by atoms with Crippen molar-refractivity contribution in [1.29, 1.82) is 0 Å². The smallest absolute Gasteiger partial charge is 0.342 e. The van der Waals surface area contributed by atoms with Crippen LogP contribution in [0.1, 0.15) is 10.4 Å². The number of ether oxygens (including phenoxy) is 1. The number of hydrogen-bond donors (Lipinski definition) is 1. The van der Waals surface area contributed by atoms with Crippen LogP contribution < -0.4 is 0 Å². The Bertz CT molecular complexity index is 644. The van der Waals surface area contributed by atoms with Gasteiger partial charge < -0.3 is 9.84 Å². The summed E-state index contributed by atoms with van der Waals surface area (Å²) >= 11 is 12.0.